The van der Waals surface area contributed by atoms with Gasteiger partial charge in [0.15, 0.2) is 6.04 Å². The molecule has 0 aromatic heterocycles. The van der Waals surface area contributed by atoms with Crippen LogP contribution in [0.2, 0.25) is 0 Å². The summed E-state index contributed by atoms with van der Waals surface area (Å²) in [4.78, 5) is 24.3. The third-order valence-electron chi connectivity index (χ3n) is 3.38. The molecule has 1 aliphatic rings. The predicted octanol–water partition coefficient (Wildman–Crippen LogP) is 1.10. The van der Waals surface area contributed by atoms with E-state index in [9.17, 15) is 31.4 Å². The highest BCUT2D eigenvalue weighted by Gasteiger charge is 2.40. The van der Waals surface area contributed by atoms with E-state index >= 15 is 0 Å². The van der Waals surface area contributed by atoms with E-state index in [0.29, 0.717) is 0 Å². The summed E-state index contributed by atoms with van der Waals surface area (Å²) >= 11 is 0. The molecule has 6 nitrogen and oxygen atoms in total. The summed E-state index contributed by atoms with van der Waals surface area (Å²) in [5.41, 5.74) is 0.0598. The number of aliphatic carboxylic acids is 1. The minimum Gasteiger partial charge on any atom is -0.479 e. The molecule has 0 radical (unpaired) electrons. The number of halogens is 2. The van der Waals surface area contributed by atoms with Crippen molar-refractivity contribution in [2.24, 2.45) is 5.92 Å². The van der Waals surface area contributed by atoms with E-state index in [1.165, 1.54) is 12.1 Å². The Kier molecular flexibility index (Phi) is 4.45. The summed E-state index contributed by atoms with van der Waals surface area (Å²) in [5, 5.41) is 9.31. The van der Waals surface area contributed by atoms with Gasteiger partial charge in [-0.15, -0.1) is 3.89 Å². The summed E-state index contributed by atoms with van der Waals surface area (Å²) in [7, 11) is -4.76. The molecule has 0 spiro atoms. The van der Waals surface area contributed by atoms with Crippen LogP contribution in [0.25, 0.3) is 0 Å². The lowest BCUT2D eigenvalue weighted by Crippen LogP contribution is -2.35. The Morgan fingerprint density at radius 1 is 1.45 bits per heavy atom. The molecule has 2 atom stereocenters. The van der Waals surface area contributed by atoms with Crippen LogP contribution >= 0.6 is 0 Å². The Bertz CT molecular complexity index is 706. The second-order valence-corrected chi connectivity index (χ2v) is 6.53. The average Bonchev–Trinajstić information content (AvgIpc) is 2.67. The SMILES string of the molecule is O=C(O)C(c1cccc(F)c1)N1CC(CS(=O)(=O)F)CC1=O. The van der Waals surface area contributed by atoms with Gasteiger partial charge in [0.05, 0.1) is 5.75 Å². The standard InChI is InChI=1S/C13H13F2NO5S/c14-10-3-1-2-9(5-10)12(13(18)19)16-6-8(4-11(16)17)7-22(15,20)21/h1-3,5,8,12H,4,6-7H2,(H,18,19). The first-order chi connectivity index (χ1) is 10.2. The highest BCUT2D eigenvalue weighted by molar-refractivity contribution is 7.86. The van der Waals surface area contributed by atoms with E-state index in [1.807, 2.05) is 0 Å². The maximum absolute atomic E-state index is 13.2. The fraction of sp³-hybridized carbons (Fsp3) is 0.385. The lowest BCUT2D eigenvalue weighted by molar-refractivity contribution is -0.148. The molecule has 22 heavy (non-hydrogen) atoms. The van der Waals surface area contributed by atoms with Crippen molar-refractivity contribution in [3.63, 3.8) is 0 Å². The van der Waals surface area contributed by atoms with Crippen molar-refractivity contribution >= 4 is 22.1 Å². The molecule has 2 rings (SSSR count). The summed E-state index contributed by atoms with van der Waals surface area (Å²) < 4.78 is 47.3. The van der Waals surface area contributed by atoms with Gasteiger partial charge in [-0.1, -0.05) is 12.1 Å². The van der Waals surface area contributed by atoms with Crippen LogP contribution in [0, 0.1) is 11.7 Å². The average molecular weight is 333 g/mol. The topological polar surface area (TPSA) is 91.8 Å². The third-order valence-corrected chi connectivity index (χ3v) is 4.25. The first-order valence-corrected chi connectivity index (χ1v) is 7.92. The molecule has 1 fully saturated rings. The normalized spacial score (nSPS) is 20.2. The summed E-state index contributed by atoms with van der Waals surface area (Å²) in [6.45, 7) is -0.213. The molecule has 120 valence electrons. The Labute approximate surface area is 125 Å². The van der Waals surface area contributed by atoms with Gasteiger partial charge < -0.3 is 10.0 Å². The molecule has 1 aromatic carbocycles. The number of hydrogen-bond donors (Lipinski definition) is 1. The fourth-order valence-electron chi connectivity index (χ4n) is 2.58. The van der Waals surface area contributed by atoms with Gasteiger partial charge in [0.1, 0.15) is 5.82 Å². The van der Waals surface area contributed by atoms with Crippen LogP contribution in [-0.4, -0.2) is 42.6 Å². The van der Waals surface area contributed by atoms with Crippen molar-refractivity contribution in [2.75, 3.05) is 12.3 Å². The molecule has 9 heteroatoms. The van der Waals surface area contributed by atoms with Crippen LogP contribution in [0.5, 0.6) is 0 Å². The molecule has 0 bridgehead atoms. The van der Waals surface area contributed by atoms with E-state index < -0.39 is 45.6 Å². The van der Waals surface area contributed by atoms with Crippen LogP contribution < -0.4 is 0 Å². The van der Waals surface area contributed by atoms with E-state index in [4.69, 9.17) is 0 Å². The molecule has 1 saturated heterocycles. The predicted molar refractivity (Wildman–Crippen MR) is 71.5 cm³/mol. The monoisotopic (exact) mass is 333 g/mol. The summed E-state index contributed by atoms with van der Waals surface area (Å²) in [6, 6.07) is 3.35. The number of nitrogens with zero attached hydrogens (tertiary/aromatic N) is 1. The van der Waals surface area contributed by atoms with E-state index in [-0.39, 0.29) is 18.5 Å². The lowest BCUT2D eigenvalue weighted by Gasteiger charge is -2.25. The molecule has 1 N–H and O–H groups in total. The van der Waals surface area contributed by atoms with Gasteiger partial charge in [-0.3, -0.25) is 4.79 Å². The van der Waals surface area contributed by atoms with Gasteiger partial charge in [-0.05, 0) is 17.7 Å². The summed E-state index contributed by atoms with van der Waals surface area (Å²) in [6.07, 6.45) is -0.262. The zero-order valence-electron chi connectivity index (χ0n) is 11.3. The fourth-order valence-corrected chi connectivity index (χ4v) is 3.37. The van der Waals surface area contributed by atoms with Crippen molar-refractivity contribution < 1.29 is 31.4 Å². The van der Waals surface area contributed by atoms with Gasteiger partial charge in [0.2, 0.25) is 5.91 Å². The number of carbonyl (C=O) groups is 2. The minimum atomic E-state index is -4.76. The lowest BCUT2D eigenvalue weighted by atomic mass is 10.1. The number of likely N-dealkylation sites (tertiary alicyclic amines) is 1. The van der Waals surface area contributed by atoms with Crippen LogP contribution in [0.3, 0.4) is 0 Å². The highest BCUT2D eigenvalue weighted by atomic mass is 32.3. The van der Waals surface area contributed by atoms with Crippen LogP contribution in [0.15, 0.2) is 24.3 Å². The third kappa shape index (κ3) is 3.79. The number of amides is 1. The Balaban J connectivity index is 2.27. The van der Waals surface area contributed by atoms with Crippen LogP contribution in [-0.2, 0) is 19.8 Å². The zero-order valence-corrected chi connectivity index (χ0v) is 12.1. The molecule has 2 unspecified atom stereocenters. The zero-order chi connectivity index (χ0) is 16.5. The number of hydrogen-bond acceptors (Lipinski definition) is 4. The highest BCUT2D eigenvalue weighted by Crippen LogP contribution is 2.30. The van der Waals surface area contributed by atoms with Gasteiger partial charge in [-0.2, -0.15) is 8.42 Å². The number of carboxylic acids is 1. The van der Waals surface area contributed by atoms with E-state index in [1.54, 1.807) is 0 Å². The van der Waals surface area contributed by atoms with Crippen molar-refractivity contribution in [1.29, 1.82) is 0 Å². The molecule has 1 heterocycles. The quantitative estimate of drug-likeness (QED) is 0.815. The Morgan fingerprint density at radius 3 is 2.68 bits per heavy atom. The Morgan fingerprint density at radius 2 is 2.14 bits per heavy atom. The van der Waals surface area contributed by atoms with Crippen molar-refractivity contribution in [1.82, 2.24) is 4.90 Å². The van der Waals surface area contributed by atoms with E-state index in [0.717, 1.165) is 17.0 Å². The molecule has 0 saturated carbocycles. The molecule has 1 amide bonds. The van der Waals surface area contributed by atoms with Gasteiger partial charge >= 0.3 is 16.2 Å². The first kappa shape index (κ1) is 16.3. The molecule has 1 aromatic rings. The first-order valence-electron chi connectivity index (χ1n) is 6.37. The van der Waals surface area contributed by atoms with E-state index in [2.05, 4.69) is 0 Å². The van der Waals surface area contributed by atoms with Gasteiger partial charge in [0, 0.05) is 18.9 Å². The Hall–Kier alpha value is -2.03. The van der Waals surface area contributed by atoms with Crippen LogP contribution in [0.1, 0.15) is 18.0 Å². The van der Waals surface area contributed by atoms with Crippen LogP contribution in [0.4, 0.5) is 8.28 Å². The molecule has 0 aliphatic carbocycles. The van der Waals surface area contributed by atoms with Gasteiger partial charge in [0.25, 0.3) is 0 Å². The molecular weight excluding hydrogens is 320 g/mol. The minimum absolute atomic E-state index is 0.0598. The number of carboxylic acid groups (broad SMARTS) is 1. The second kappa shape index (κ2) is 5.99. The second-order valence-electron chi connectivity index (χ2n) is 5.12. The van der Waals surface area contributed by atoms with Crippen molar-refractivity contribution in [2.45, 2.75) is 12.5 Å². The smallest absolute Gasteiger partial charge is 0.331 e. The number of rotatable bonds is 5. The van der Waals surface area contributed by atoms with Crippen molar-refractivity contribution in [3.05, 3.63) is 35.6 Å². The summed E-state index contributed by atoms with van der Waals surface area (Å²) in [5.74, 6) is -4.30. The maximum Gasteiger partial charge on any atom is 0.331 e. The maximum atomic E-state index is 13.2. The molecular formula is C13H13F2NO5S. The van der Waals surface area contributed by atoms with Gasteiger partial charge in [-0.25, -0.2) is 9.18 Å². The van der Waals surface area contributed by atoms with Crippen molar-refractivity contribution in [3.8, 4) is 0 Å². The number of carbonyl (C=O) groups excluding carboxylic acids is 1. The number of benzene rings is 1. The largest absolute Gasteiger partial charge is 0.479 e. The molecule has 1 aliphatic heterocycles.